The Morgan fingerprint density at radius 2 is 2.31 bits per heavy atom. The Labute approximate surface area is 164 Å². The number of aliphatic imine (C=N–C) groups is 1. The van der Waals surface area contributed by atoms with Gasteiger partial charge in [0.15, 0.2) is 17.4 Å². The van der Waals surface area contributed by atoms with Crippen LogP contribution in [0.15, 0.2) is 16.1 Å². The van der Waals surface area contributed by atoms with Gasteiger partial charge < -0.3 is 30.3 Å². The van der Waals surface area contributed by atoms with Crippen LogP contribution in [0.5, 0.6) is 0 Å². The van der Waals surface area contributed by atoms with Crippen molar-refractivity contribution in [2.24, 2.45) is 4.99 Å². The van der Waals surface area contributed by atoms with Gasteiger partial charge in [0.25, 0.3) is 5.56 Å². The average Bonchev–Trinajstić information content (AvgIpc) is 3.27. The van der Waals surface area contributed by atoms with Crippen LogP contribution in [0.2, 0.25) is 0 Å². The second kappa shape index (κ2) is 9.09. The van der Waals surface area contributed by atoms with E-state index in [2.05, 4.69) is 30.6 Å². The zero-order valence-electron chi connectivity index (χ0n) is 15.9. The van der Waals surface area contributed by atoms with E-state index in [4.69, 9.17) is 9.47 Å². The largest absolute Gasteiger partial charge is 0.394 e. The maximum atomic E-state index is 12.3. The summed E-state index contributed by atoms with van der Waals surface area (Å²) in [6.07, 6.45) is -1.13. The van der Waals surface area contributed by atoms with E-state index >= 15 is 0 Å². The van der Waals surface area contributed by atoms with Gasteiger partial charge in [-0.25, -0.2) is 9.98 Å². The number of nitrogens with zero attached hydrogens (tertiary/aromatic N) is 4. The van der Waals surface area contributed by atoms with Crippen LogP contribution in [0, 0.1) is 0 Å². The Balaban J connectivity index is 1.94. The Morgan fingerprint density at radius 1 is 1.52 bits per heavy atom. The number of hydrogen-bond donors (Lipinski definition) is 5. The topological polar surface area (TPSA) is 176 Å². The molecule has 1 aliphatic rings. The molecule has 3 rings (SSSR count). The summed E-state index contributed by atoms with van der Waals surface area (Å²) in [5.41, 5.74) is -0.262. The number of hydrogen-bond acceptors (Lipinski definition) is 9. The first-order valence-corrected chi connectivity index (χ1v) is 8.93. The molecule has 1 saturated heterocycles. The van der Waals surface area contributed by atoms with E-state index in [-0.39, 0.29) is 36.0 Å². The lowest BCUT2D eigenvalue weighted by Gasteiger charge is -2.22. The van der Waals surface area contributed by atoms with Gasteiger partial charge in [-0.15, -0.1) is 0 Å². The fourth-order valence-electron chi connectivity index (χ4n) is 2.97. The number of aromatic nitrogens is 4. The molecule has 4 unspecified atom stereocenters. The van der Waals surface area contributed by atoms with Gasteiger partial charge in [-0.3, -0.25) is 19.1 Å². The van der Waals surface area contributed by atoms with E-state index in [1.54, 1.807) is 7.05 Å². The number of imidazole rings is 1. The molecular weight excluding hydrogens is 386 g/mol. The molecule has 0 bridgehead atoms. The van der Waals surface area contributed by atoms with Crippen molar-refractivity contribution in [3.63, 3.8) is 0 Å². The van der Waals surface area contributed by atoms with Crippen LogP contribution >= 0.6 is 0 Å². The fraction of sp³-hybridized carbons (Fsp3) is 0.562. The summed E-state index contributed by atoms with van der Waals surface area (Å²) >= 11 is 0. The van der Waals surface area contributed by atoms with Crippen LogP contribution in [-0.2, 0) is 14.3 Å². The molecule has 2 aromatic heterocycles. The zero-order chi connectivity index (χ0) is 21.0. The maximum Gasteiger partial charge on any atom is 0.280 e. The molecule has 0 spiro atoms. The number of aliphatic hydroxyl groups excluding tert-OH is 2. The molecule has 29 heavy (non-hydrogen) atoms. The lowest BCUT2D eigenvalue weighted by Crippen LogP contribution is -2.36. The third-order valence-corrected chi connectivity index (χ3v) is 4.42. The Morgan fingerprint density at radius 3 is 3.00 bits per heavy atom. The molecule has 1 fully saturated rings. The first-order valence-electron chi connectivity index (χ1n) is 8.93. The third-order valence-electron chi connectivity index (χ3n) is 4.42. The van der Waals surface area contributed by atoms with E-state index in [1.165, 1.54) is 24.3 Å². The average molecular weight is 409 g/mol. The SMILES string of the molecule is CN/C=N/c1nc2c(ncn2C2OC(CO)C(O)C2OCCC(=O)NC)c(=O)[nH]1. The minimum absolute atomic E-state index is 0.0256. The summed E-state index contributed by atoms with van der Waals surface area (Å²) in [7, 11) is 3.16. The number of H-pyrrole nitrogens is 1. The van der Waals surface area contributed by atoms with Crippen LogP contribution in [0.1, 0.15) is 12.6 Å². The molecule has 0 radical (unpaired) electrons. The van der Waals surface area contributed by atoms with Gasteiger partial charge in [-0.05, 0) is 0 Å². The number of carbonyl (C=O) groups is 1. The molecule has 4 atom stereocenters. The Bertz CT molecular complexity index is 941. The number of nitrogens with one attached hydrogen (secondary N) is 3. The molecule has 1 amide bonds. The summed E-state index contributed by atoms with van der Waals surface area (Å²) in [5.74, 6) is -0.171. The van der Waals surface area contributed by atoms with Crippen molar-refractivity contribution in [1.29, 1.82) is 0 Å². The molecule has 13 heteroatoms. The third kappa shape index (κ3) is 4.27. The van der Waals surface area contributed by atoms with Crippen LogP contribution in [0.3, 0.4) is 0 Å². The summed E-state index contributed by atoms with van der Waals surface area (Å²) in [4.78, 5) is 38.5. The fourth-order valence-corrected chi connectivity index (χ4v) is 2.97. The Kier molecular flexibility index (Phi) is 6.53. The first-order chi connectivity index (χ1) is 14.0. The summed E-state index contributed by atoms with van der Waals surface area (Å²) < 4.78 is 12.8. The van der Waals surface area contributed by atoms with E-state index < -0.39 is 36.7 Å². The number of carbonyl (C=O) groups excluding carboxylic acids is 1. The Hall–Kier alpha value is -2.87. The smallest absolute Gasteiger partial charge is 0.280 e. The first kappa shape index (κ1) is 20.9. The molecule has 3 heterocycles. The molecule has 2 aromatic rings. The highest BCUT2D eigenvalue weighted by molar-refractivity contribution is 5.75. The highest BCUT2D eigenvalue weighted by Crippen LogP contribution is 2.33. The summed E-state index contributed by atoms with van der Waals surface area (Å²) in [6, 6.07) is 0. The molecule has 0 aromatic carbocycles. The molecule has 0 saturated carbocycles. The van der Waals surface area contributed by atoms with Crippen LogP contribution in [0.25, 0.3) is 11.2 Å². The van der Waals surface area contributed by atoms with Crippen LogP contribution < -0.4 is 16.2 Å². The van der Waals surface area contributed by atoms with E-state index in [1.807, 2.05) is 0 Å². The molecule has 158 valence electrons. The summed E-state index contributed by atoms with van der Waals surface area (Å²) in [5, 5.41) is 25.1. The van der Waals surface area contributed by atoms with E-state index in [9.17, 15) is 19.8 Å². The monoisotopic (exact) mass is 409 g/mol. The maximum absolute atomic E-state index is 12.3. The van der Waals surface area contributed by atoms with E-state index in [0.717, 1.165) is 0 Å². The minimum Gasteiger partial charge on any atom is -0.394 e. The number of fused-ring (bicyclic) bond motifs is 1. The zero-order valence-corrected chi connectivity index (χ0v) is 15.9. The molecule has 5 N–H and O–H groups in total. The number of ether oxygens (including phenoxy) is 2. The van der Waals surface area contributed by atoms with Crippen molar-refractivity contribution in [2.75, 3.05) is 27.3 Å². The number of amides is 1. The van der Waals surface area contributed by atoms with Gasteiger partial charge in [0.1, 0.15) is 18.3 Å². The highest BCUT2D eigenvalue weighted by atomic mass is 16.6. The van der Waals surface area contributed by atoms with E-state index in [0.29, 0.717) is 0 Å². The van der Waals surface area contributed by atoms with Gasteiger partial charge in [0.05, 0.1) is 25.9 Å². The van der Waals surface area contributed by atoms with Crippen LogP contribution in [0.4, 0.5) is 5.95 Å². The van der Waals surface area contributed by atoms with Gasteiger partial charge in [-0.1, -0.05) is 0 Å². The summed E-state index contributed by atoms with van der Waals surface area (Å²) in [6.45, 7) is -0.414. The van der Waals surface area contributed by atoms with Gasteiger partial charge >= 0.3 is 0 Å². The van der Waals surface area contributed by atoms with Crippen molar-refractivity contribution in [3.8, 4) is 0 Å². The molecule has 1 aliphatic heterocycles. The second-order valence-electron chi connectivity index (χ2n) is 6.26. The normalized spacial score (nSPS) is 24.4. The minimum atomic E-state index is -1.16. The number of rotatable bonds is 8. The van der Waals surface area contributed by atoms with Crippen molar-refractivity contribution in [3.05, 3.63) is 16.7 Å². The molecule has 13 nitrogen and oxygen atoms in total. The van der Waals surface area contributed by atoms with Gasteiger partial charge in [-0.2, -0.15) is 4.98 Å². The lowest BCUT2D eigenvalue weighted by atomic mass is 10.1. The van der Waals surface area contributed by atoms with Gasteiger partial charge in [0.2, 0.25) is 11.9 Å². The molecule has 0 aliphatic carbocycles. The predicted octanol–water partition coefficient (Wildman–Crippen LogP) is -2.23. The number of aromatic amines is 1. The van der Waals surface area contributed by atoms with Crippen molar-refractivity contribution < 1.29 is 24.5 Å². The standard InChI is InChI=1S/C16H23N7O6/c1-17-6-19-16-21-13-10(14(27)22-16)20-7-23(13)15-12(11(26)8(5-24)29-15)28-4-3-9(25)18-2/h6-8,11-12,15,24,26H,3-5H2,1-2H3,(H,18,25)(H2,17,19,21,22,27). The number of aliphatic hydroxyl groups is 2. The van der Waals surface area contributed by atoms with Crippen LogP contribution in [-0.4, -0.2) is 87.6 Å². The lowest BCUT2D eigenvalue weighted by molar-refractivity contribution is -0.123. The molecular formula is C16H23N7O6. The quantitative estimate of drug-likeness (QED) is 0.238. The second-order valence-corrected chi connectivity index (χ2v) is 6.26. The highest BCUT2D eigenvalue weighted by Gasteiger charge is 2.46. The van der Waals surface area contributed by atoms with Crippen molar-refractivity contribution in [2.45, 2.75) is 31.0 Å². The predicted molar refractivity (Wildman–Crippen MR) is 101 cm³/mol. The van der Waals surface area contributed by atoms with Crippen molar-refractivity contribution >= 4 is 29.4 Å². The van der Waals surface area contributed by atoms with Crippen molar-refractivity contribution in [1.82, 2.24) is 30.2 Å². The van der Waals surface area contributed by atoms with Gasteiger partial charge in [0, 0.05) is 20.5 Å².